The van der Waals surface area contributed by atoms with Crippen LogP contribution in [0.1, 0.15) is 0 Å². The van der Waals surface area contributed by atoms with E-state index in [1.807, 2.05) is 12.1 Å². The molecular weight excluding hydrogens is 322 g/mol. The Bertz CT molecular complexity index is 871. The zero-order valence-corrected chi connectivity index (χ0v) is 13.7. The Morgan fingerprint density at radius 1 is 1.32 bits per heavy atom. The zero-order valence-electron chi connectivity index (χ0n) is 13.7. The molecule has 7 heteroatoms. The lowest BCUT2D eigenvalue weighted by molar-refractivity contribution is -0.142. The first kappa shape index (κ1) is 16.5. The van der Waals surface area contributed by atoms with E-state index in [4.69, 9.17) is 9.47 Å². The number of methoxy groups -OCH3 is 1. The molecule has 2 heterocycles. The smallest absolute Gasteiger partial charge is 0.343 e. The Morgan fingerprint density at radius 2 is 2.20 bits per heavy atom. The predicted molar refractivity (Wildman–Crippen MR) is 92.5 cm³/mol. The average molecular weight is 339 g/mol. The van der Waals surface area contributed by atoms with Crippen molar-refractivity contribution in [1.29, 1.82) is 0 Å². The maximum Gasteiger partial charge on any atom is 0.343 e. The lowest BCUT2D eigenvalue weighted by Crippen LogP contribution is -2.12. The lowest BCUT2D eigenvalue weighted by Gasteiger charge is -2.11. The summed E-state index contributed by atoms with van der Waals surface area (Å²) in [5.41, 5.74) is 2.41. The third kappa shape index (κ3) is 3.77. The molecule has 0 aliphatic rings. The molecule has 0 atom stereocenters. The molecule has 2 aromatic heterocycles. The summed E-state index contributed by atoms with van der Waals surface area (Å²) in [6.45, 7) is 3.81. The van der Waals surface area contributed by atoms with E-state index in [-0.39, 0.29) is 6.61 Å². The maximum absolute atomic E-state index is 11.2. The van der Waals surface area contributed by atoms with Gasteiger partial charge in [0.05, 0.1) is 24.4 Å². The van der Waals surface area contributed by atoms with E-state index < -0.39 is 5.97 Å². The van der Waals surface area contributed by atoms with Crippen LogP contribution in [0.4, 0.5) is 0 Å². The van der Waals surface area contributed by atoms with Crippen molar-refractivity contribution in [3.05, 3.63) is 49.3 Å². The van der Waals surface area contributed by atoms with Crippen molar-refractivity contribution in [1.82, 2.24) is 15.0 Å². The first-order valence-corrected chi connectivity index (χ1v) is 7.58. The molecule has 0 aliphatic carbocycles. The molecule has 0 spiro atoms. The molecule has 3 rings (SSSR count). The van der Waals surface area contributed by atoms with Gasteiger partial charge >= 0.3 is 5.97 Å². The van der Waals surface area contributed by atoms with Crippen molar-refractivity contribution >= 4 is 17.0 Å². The van der Waals surface area contributed by atoms with Crippen LogP contribution in [-0.4, -0.2) is 41.2 Å². The van der Waals surface area contributed by atoms with Gasteiger partial charge in [0.2, 0.25) is 0 Å². The second-order valence-electron chi connectivity index (χ2n) is 5.10. The number of carbonyl (C=O) groups is 1. The van der Waals surface area contributed by atoms with Crippen molar-refractivity contribution in [2.45, 2.75) is 0 Å². The average Bonchev–Trinajstić information content (AvgIpc) is 3.08. The number of nitrogens with one attached hydrogen (secondary N) is 1. The second-order valence-corrected chi connectivity index (χ2v) is 5.10. The summed E-state index contributed by atoms with van der Waals surface area (Å²) in [5.74, 6) is 1.25. The number of nitrogens with zero attached hydrogens (tertiary/aromatic N) is 2. The quantitative estimate of drug-likeness (QED) is 0.526. The molecule has 0 aliphatic heterocycles. The number of carbonyl (C=O) groups excluding carboxylic acids is 1. The number of fused-ring (bicyclic) bond motifs is 1. The number of pyridine rings is 1. The van der Waals surface area contributed by atoms with Crippen LogP contribution in [0.3, 0.4) is 0 Å². The van der Waals surface area contributed by atoms with Gasteiger partial charge in [0, 0.05) is 12.3 Å². The zero-order chi connectivity index (χ0) is 17.6. The first-order valence-electron chi connectivity index (χ1n) is 7.58. The number of aromatic amines is 1. The summed E-state index contributed by atoms with van der Waals surface area (Å²) in [6, 6.07) is 7.11. The number of esters is 1. The van der Waals surface area contributed by atoms with Gasteiger partial charge in [-0.15, -0.1) is 0 Å². The summed E-state index contributed by atoms with van der Waals surface area (Å²) >= 11 is 0. The van der Waals surface area contributed by atoms with E-state index in [0.29, 0.717) is 23.9 Å². The number of hydrogen-bond acceptors (Lipinski definition) is 6. The number of benzene rings is 1. The number of hydrogen-bond donors (Lipinski definition) is 1. The van der Waals surface area contributed by atoms with Crippen molar-refractivity contribution in [2.24, 2.45) is 0 Å². The highest BCUT2D eigenvalue weighted by Crippen LogP contribution is 2.33. The molecule has 0 bridgehead atoms. The largest absolute Gasteiger partial charge is 0.489 e. The van der Waals surface area contributed by atoms with Crippen LogP contribution in [0, 0.1) is 0 Å². The van der Waals surface area contributed by atoms with Crippen molar-refractivity contribution < 1.29 is 19.0 Å². The fourth-order valence-electron chi connectivity index (χ4n) is 2.24. The van der Waals surface area contributed by atoms with Gasteiger partial charge in [-0.1, -0.05) is 12.7 Å². The van der Waals surface area contributed by atoms with Crippen LogP contribution < -0.4 is 9.47 Å². The van der Waals surface area contributed by atoms with Crippen LogP contribution in [-0.2, 0) is 9.53 Å². The number of ether oxygens (including phenoxy) is 3. The monoisotopic (exact) mass is 339 g/mol. The molecular formula is C18H17N3O4. The second kappa shape index (κ2) is 7.48. The van der Waals surface area contributed by atoms with Gasteiger partial charge in [-0.05, 0) is 18.2 Å². The summed E-state index contributed by atoms with van der Waals surface area (Å²) < 4.78 is 15.7. The topological polar surface area (TPSA) is 86.3 Å². The standard InChI is InChI=1S/C18H17N3O4/c1-3-8-24-16-9-12(25-11-17(22)23-2)4-5-13(16)18-20-14-6-7-19-10-15(14)21-18/h3-7,9-10H,1,8,11H2,2H3,(H,20,21). The Morgan fingerprint density at radius 3 is 2.96 bits per heavy atom. The lowest BCUT2D eigenvalue weighted by atomic mass is 10.2. The van der Waals surface area contributed by atoms with Crippen molar-refractivity contribution in [2.75, 3.05) is 20.3 Å². The number of H-pyrrole nitrogens is 1. The van der Waals surface area contributed by atoms with Gasteiger partial charge < -0.3 is 19.2 Å². The van der Waals surface area contributed by atoms with E-state index in [9.17, 15) is 4.79 Å². The molecule has 0 unspecified atom stereocenters. The molecule has 1 N–H and O–H groups in total. The molecule has 0 fully saturated rings. The summed E-state index contributed by atoms with van der Waals surface area (Å²) in [5, 5.41) is 0. The van der Waals surface area contributed by atoms with E-state index in [2.05, 4.69) is 26.3 Å². The van der Waals surface area contributed by atoms with Gasteiger partial charge in [-0.2, -0.15) is 0 Å². The van der Waals surface area contributed by atoms with Crippen molar-refractivity contribution in [3.8, 4) is 22.9 Å². The van der Waals surface area contributed by atoms with Gasteiger partial charge in [-0.25, -0.2) is 9.78 Å². The molecule has 7 nitrogen and oxygen atoms in total. The Kier molecular flexibility index (Phi) is 4.94. The van der Waals surface area contributed by atoms with Crippen LogP contribution >= 0.6 is 0 Å². The van der Waals surface area contributed by atoms with Crippen LogP contribution in [0.15, 0.2) is 49.3 Å². The molecule has 25 heavy (non-hydrogen) atoms. The van der Waals surface area contributed by atoms with Gasteiger partial charge in [0.15, 0.2) is 6.61 Å². The normalized spacial score (nSPS) is 10.4. The van der Waals surface area contributed by atoms with E-state index in [0.717, 1.165) is 16.6 Å². The predicted octanol–water partition coefficient (Wildman–Crippen LogP) is 2.74. The van der Waals surface area contributed by atoms with E-state index >= 15 is 0 Å². The van der Waals surface area contributed by atoms with Crippen LogP contribution in [0.25, 0.3) is 22.4 Å². The summed E-state index contributed by atoms with van der Waals surface area (Å²) in [4.78, 5) is 23.0. The summed E-state index contributed by atoms with van der Waals surface area (Å²) in [6.07, 6.45) is 5.03. The minimum atomic E-state index is -0.456. The van der Waals surface area contributed by atoms with Crippen LogP contribution in [0.2, 0.25) is 0 Å². The van der Waals surface area contributed by atoms with Crippen molar-refractivity contribution in [3.63, 3.8) is 0 Å². The third-order valence-corrected chi connectivity index (χ3v) is 3.43. The molecule has 3 aromatic rings. The molecule has 0 radical (unpaired) electrons. The van der Waals surface area contributed by atoms with Gasteiger partial charge in [-0.3, -0.25) is 4.98 Å². The SMILES string of the molecule is C=CCOc1cc(OCC(=O)OC)ccc1-c1nc2cnccc2[nH]1. The highest BCUT2D eigenvalue weighted by molar-refractivity contribution is 5.80. The first-order chi connectivity index (χ1) is 12.2. The van der Waals surface area contributed by atoms with Gasteiger partial charge in [0.25, 0.3) is 0 Å². The number of rotatable bonds is 7. The van der Waals surface area contributed by atoms with Gasteiger partial charge in [0.1, 0.15) is 29.4 Å². The Balaban J connectivity index is 1.93. The minimum Gasteiger partial charge on any atom is -0.489 e. The Hall–Kier alpha value is -3.35. The molecule has 128 valence electrons. The van der Waals surface area contributed by atoms with E-state index in [1.165, 1.54) is 7.11 Å². The highest BCUT2D eigenvalue weighted by Gasteiger charge is 2.13. The molecule has 0 saturated carbocycles. The van der Waals surface area contributed by atoms with Crippen LogP contribution in [0.5, 0.6) is 11.5 Å². The fourth-order valence-corrected chi connectivity index (χ4v) is 2.24. The third-order valence-electron chi connectivity index (χ3n) is 3.43. The summed E-state index contributed by atoms with van der Waals surface area (Å²) in [7, 11) is 1.31. The molecule has 0 amide bonds. The molecule has 0 saturated heterocycles. The number of imidazole rings is 1. The Labute approximate surface area is 144 Å². The minimum absolute atomic E-state index is 0.174. The number of aromatic nitrogens is 3. The van der Waals surface area contributed by atoms with E-state index in [1.54, 1.807) is 30.6 Å². The maximum atomic E-state index is 11.2. The highest BCUT2D eigenvalue weighted by atomic mass is 16.6. The fraction of sp³-hybridized carbons (Fsp3) is 0.167. The molecule has 1 aromatic carbocycles.